The third-order valence-corrected chi connectivity index (χ3v) is 6.34. The highest BCUT2D eigenvalue weighted by atomic mass is 32.2. The Bertz CT molecular complexity index is 1470. The van der Waals surface area contributed by atoms with Crippen LogP contribution in [0.4, 0.5) is 11.4 Å². The van der Waals surface area contributed by atoms with Crippen molar-refractivity contribution in [3.8, 4) is 6.07 Å². The smallest absolute Gasteiger partial charge is 0.346 e. The van der Waals surface area contributed by atoms with Gasteiger partial charge < -0.3 is 10.1 Å². The number of nitriles is 1. The summed E-state index contributed by atoms with van der Waals surface area (Å²) in [7, 11) is -4.29. The van der Waals surface area contributed by atoms with E-state index >= 15 is 0 Å². The lowest BCUT2D eigenvalue weighted by atomic mass is 10.2. The van der Waals surface area contributed by atoms with E-state index in [0.29, 0.717) is 0 Å². The van der Waals surface area contributed by atoms with Crippen LogP contribution in [0, 0.1) is 21.4 Å². The van der Waals surface area contributed by atoms with Gasteiger partial charge in [0.25, 0.3) is 5.69 Å². The van der Waals surface area contributed by atoms with Gasteiger partial charge in [-0.2, -0.15) is 9.98 Å². The first kappa shape index (κ1) is 26.7. The van der Waals surface area contributed by atoms with Gasteiger partial charge in [-0.3, -0.25) is 14.9 Å². The number of carbonyl (C=O) groups excluding carboxylic acids is 3. The molecule has 37 heavy (non-hydrogen) atoms. The molecule has 0 aromatic heterocycles. The maximum absolute atomic E-state index is 12.7. The van der Waals surface area contributed by atoms with E-state index in [1.165, 1.54) is 36.4 Å². The normalized spacial score (nSPS) is 11.5. The molecule has 3 aromatic rings. The Balaban J connectivity index is 1.66. The van der Waals surface area contributed by atoms with E-state index in [1.807, 2.05) is 0 Å². The molecule has 0 fully saturated rings. The summed E-state index contributed by atoms with van der Waals surface area (Å²) in [6, 6.07) is 17.4. The number of esters is 2. The van der Waals surface area contributed by atoms with Crippen molar-refractivity contribution >= 4 is 39.2 Å². The summed E-state index contributed by atoms with van der Waals surface area (Å²) in [6.07, 6.45) is -0.510. The van der Waals surface area contributed by atoms with E-state index in [4.69, 9.17) is 10.00 Å². The number of ether oxygens (including phenoxy) is 1. The number of anilines is 1. The summed E-state index contributed by atoms with van der Waals surface area (Å²) in [5.41, 5.74) is 0.0737. The van der Waals surface area contributed by atoms with Crippen molar-refractivity contribution in [1.82, 2.24) is 4.72 Å². The number of benzene rings is 3. The Hall–Kier alpha value is -4.93. The molecular weight excluding hydrogens is 504 g/mol. The quantitative estimate of drug-likeness (QED) is 0.184. The van der Waals surface area contributed by atoms with Gasteiger partial charge in [-0.15, -0.1) is 0 Å². The van der Waals surface area contributed by atoms with Crippen molar-refractivity contribution in [1.29, 1.82) is 5.26 Å². The zero-order valence-electron chi connectivity index (χ0n) is 18.9. The van der Waals surface area contributed by atoms with Crippen LogP contribution in [0.2, 0.25) is 0 Å². The SMILES string of the molecule is N#CC[C@H](NS(=O)(=O)c1ccc([N+](=O)[O-])cc1)C(=O)Nc1ccc(C(=O)OC(=O)c2ccccc2)cc1. The standard InChI is InChI=1S/C24H18N4O8S/c25-15-14-21(27-37(34,35)20-12-10-19(11-13-20)28(32)33)22(29)26-18-8-6-17(7-9-18)24(31)36-23(30)16-4-2-1-3-5-16/h1-13,21,27H,14H2,(H,26,29)/t21-/m0/s1. The van der Waals surface area contributed by atoms with Crippen molar-refractivity contribution in [3.05, 3.63) is 100 Å². The highest BCUT2D eigenvalue weighted by Crippen LogP contribution is 2.17. The van der Waals surface area contributed by atoms with Gasteiger partial charge in [-0.05, 0) is 48.5 Å². The van der Waals surface area contributed by atoms with Gasteiger partial charge in [0.2, 0.25) is 15.9 Å². The lowest BCUT2D eigenvalue weighted by molar-refractivity contribution is -0.384. The summed E-state index contributed by atoms with van der Waals surface area (Å²) in [5, 5.41) is 22.2. The second kappa shape index (κ2) is 11.7. The summed E-state index contributed by atoms with van der Waals surface area (Å²) in [6.45, 7) is 0. The van der Waals surface area contributed by atoms with Crippen molar-refractivity contribution < 1.29 is 32.5 Å². The van der Waals surface area contributed by atoms with Crippen LogP contribution in [0.25, 0.3) is 0 Å². The zero-order valence-corrected chi connectivity index (χ0v) is 19.7. The summed E-state index contributed by atoms with van der Waals surface area (Å²) < 4.78 is 32.2. The predicted octanol–water partition coefficient (Wildman–Crippen LogP) is 2.79. The topological polar surface area (TPSA) is 186 Å². The molecule has 0 heterocycles. The van der Waals surface area contributed by atoms with E-state index in [2.05, 4.69) is 10.0 Å². The minimum absolute atomic E-state index is 0.0229. The van der Waals surface area contributed by atoms with E-state index < -0.39 is 45.3 Å². The van der Waals surface area contributed by atoms with Crippen molar-refractivity contribution in [2.24, 2.45) is 0 Å². The third-order valence-electron chi connectivity index (χ3n) is 4.85. The van der Waals surface area contributed by atoms with Crippen molar-refractivity contribution in [2.45, 2.75) is 17.4 Å². The van der Waals surface area contributed by atoms with Gasteiger partial charge in [-0.1, -0.05) is 18.2 Å². The fraction of sp³-hybridized carbons (Fsp3) is 0.0833. The van der Waals surface area contributed by atoms with E-state index in [9.17, 15) is 32.9 Å². The highest BCUT2D eigenvalue weighted by molar-refractivity contribution is 7.89. The molecule has 0 unspecified atom stereocenters. The molecule has 0 aliphatic rings. The number of nitrogens with one attached hydrogen (secondary N) is 2. The van der Waals surface area contributed by atoms with Crippen LogP contribution >= 0.6 is 0 Å². The first-order valence-corrected chi connectivity index (χ1v) is 12.0. The van der Waals surface area contributed by atoms with E-state index in [1.54, 1.807) is 24.3 Å². The maximum Gasteiger partial charge on any atom is 0.346 e. The fourth-order valence-corrected chi connectivity index (χ4v) is 4.17. The molecule has 1 atom stereocenters. The van der Waals surface area contributed by atoms with Crippen LogP contribution in [-0.2, 0) is 19.6 Å². The first-order chi connectivity index (χ1) is 17.6. The second-order valence-electron chi connectivity index (χ2n) is 7.40. The largest absolute Gasteiger partial charge is 0.386 e. The monoisotopic (exact) mass is 522 g/mol. The Morgan fingerprint density at radius 2 is 1.49 bits per heavy atom. The minimum Gasteiger partial charge on any atom is -0.386 e. The fourth-order valence-electron chi connectivity index (χ4n) is 2.98. The predicted molar refractivity (Wildman–Crippen MR) is 129 cm³/mol. The summed E-state index contributed by atoms with van der Waals surface area (Å²) in [4.78, 5) is 46.7. The number of nitro groups is 1. The van der Waals surface area contributed by atoms with Crippen LogP contribution in [0.1, 0.15) is 27.1 Å². The van der Waals surface area contributed by atoms with Crippen LogP contribution in [0.5, 0.6) is 0 Å². The number of carbonyl (C=O) groups is 3. The number of hydrogen-bond donors (Lipinski definition) is 2. The van der Waals surface area contributed by atoms with Crippen molar-refractivity contribution in [2.75, 3.05) is 5.32 Å². The molecule has 0 spiro atoms. The zero-order chi connectivity index (χ0) is 27.0. The number of rotatable bonds is 9. The van der Waals surface area contributed by atoms with E-state index in [0.717, 1.165) is 24.3 Å². The number of non-ortho nitro benzene ring substituents is 1. The van der Waals surface area contributed by atoms with Gasteiger partial charge in [0.15, 0.2) is 0 Å². The molecule has 3 aromatic carbocycles. The molecule has 2 N–H and O–H groups in total. The Labute approximate surface area is 210 Å². The van der Waals surface area contributed by atoms with Gasteiger partial charge in [0.1, 0.15) is 6.04 Å². The Morgan fingerprint density at radius 1 is 0.919 bits per heavy atom. The van der Waals surface area contributed by atoms with E-state index in [-0.39, 0.29) is 27.4 Å². The number of hydrogen-bond acceptors (Lipinski definition) is 9. The third kappa shape index (κ3) is 7.04. The molecule has 0 saturated carbocycles. The molecule has 188 valence electrons. The lowest BCUT2D eigenvalue weighted by Crippen LogP contribution is -2.43. The number of nitro benzene ring substituents is 1. The minimum atomic E-state index is -4.29. The van der Waals surface area contributed by atoms with Crippen molar-refractivity contribution in [3.63, 3.8) is 0 Å². The molecule has 0 aliphatic carbocycles. The molecule has 13 heteroatoms. The Kier molecular flexibility index (Phi) is 8.41. The average molecular weight is 522 g/mol. The van der Waals surface area contributed by atoms with Crippen LogP contribution < -0.4 is 10.0 Å². The molecular formula is C24H18N4O8S. The van der Waals surface area contributed by atoms with Crippen LogP contribution in [0.3, 0.4) is 0 Å². The van der Waals surface area contributed by atoms with Gasteiger partial charge in [0.05, 0.1) is 33.4 Å². The molecule has 12 nitrogen and oxygen atoms in total. The number of sulfonamides is 1. The summed E-state index contributed by atoms with van der Waals surface area (Å²) >= 11 is 0. The first-order valence-electron chi connectivity index (χ1n) is 10.5. The van der Waals surface area contributed by atoms with Crippen LogP contribution in [0.15, 0.2) is 83.8 Å². The van der Waals surface area contributed by atoms with Crippen LogP contribution in [-0.4, -0.2) is 37.2 Å². The number of amides is 1. The van der Waals surface area contributed by atoms with Gasteiger partial charge >= 0.3 is 11.9 Å². The summed E-state index contributed by atoms with van der Waals surface area (Å²) in [5.74, 6) is -2.60. The molecule has 0 radical (unpaired) electrons. The molecule has 3 rings (SSSR count). The number of nitrogens with zero attached hydrogens (tertiary/aromatic N) is 2. The lowest BCUT2D eigenvalue weighted by Gasteiger charge is -2.16. The Morgan fingerprint density at radius 3 is 2.03 bits per heavy atom. The molecule has 0 aliphatic heterocycles. The molecule has 0 bridgehead atoms. The maximum atomic E-state index is 12.7. The highest BCUT2D eigenvalue weighted by Gasteiger charge is 2.26. The second-order valence-corrected chi connectivity index (χ2v) is 9.11. The average Bonchev–Trinajstić information content (AvgIpc) is 2.89. The molecule has 1 amide bonds. The van der Waals surface area contributed by atoms with Gasteiger partial charge in [-0.25, -0.2) is 18.0 Å². The van der Waals surface area contributed by atoms with Gasteiger partial charge in [0, 0.05) is 17.8 Å². The molecule has 0 saturated heterocycles.